The summed E-state index contributed by atoms with van der Waals surface area (Å²) >= 11 is -3.06. The van der Waals surface area contributed by atoms with Crippen LogP contribution in [0.15, 0.2) is 20.0 Å². The molecule has 144 valence electrons. The Balaban J connectivity index is 0.000000144. The van der Waals surface area contributed by atoms with Crippen LogP contribution in [0.2, 0.25) is 0 Å². The molecule has 0 amide bonds. The van der Waals surface area contributed by atoms with Gasteiger partial charge in [-0.1, -0.05) is 12.3 Å². The number of fused-ring (bicyclic) bond motifs is 2. The van der Waals surface area contributed by atoms with Crippen LogP contribution in [-0.4, -0.2) is 62.1 Å². The molecule has 0 spiro atoms. The van der Waals surface area contributed by atoms with Gasteiger partial charge in [0.2, 0.25) is 0 Å². The molecule has 4 aliphatic rings. The zero-order valence-corrected chi connectivity index (χ0v) is 17.8. The van der Waals surface area contributed by atoms with Gasteiger partial charge in [0.25, 0.3) is 0 Å². The summed E-state index contributed by atoms with van der Waals surface area (Å²) in [7, 11) is 20.0. The quantitative estimate of drug-likeness (QED) is 0.319. The molecule has 4 unspecified atom stereocenters. The third-order valence-electron chi connectivity index (χ3n) is 3.17. The molecule has 25 heavy (non-hydrogen) atoms. The molecule has 0 aromatic heterocycles. The van der Waals surface area contributed by atoms with Crippen molar-refractivity contribution in [3.63, 3.8) is 0 Å². The van der Waals surface area contributed by atoms with Crippen LogP contribution in [0.25, 0.3) is 10.6 Å². The average Bonchev–Trinajstić information content (AvgIpc) is 3.16. The van der Waals surface area contributed by atoms with E-state index < -0.39 is 11.9 Å². The summed E-state index contributed by atoms with van der Waals surface area (Å²) in [5, 5.41) is 13.8. The van der Waals surface area contributed by atoms with Crippen LogP contribution in [-0.2, 0) is 11.9 Å². The number of halogens is 4. The maximum atomic E-state index is 5.62. The zero-order valence-electron chi connectivity index (χ0n) is 12.5. The van der Waals surface area contributed by atoms with Gasteiger partial charge in [0, 0.05) is 0 Å². The van der Waals surface area contributed by atoms with Crippen molar-refractivity contribution in [2.75, 3.05) is 13.3 Å². The van der Waals surface area contributed by atoms with E-state index in [0.29, 0.717) is 13.3 Å². The number of amidine groups is 2. The predicted octanol–water partition coefficient (Wildman–Crippen LogP) is 0.785. The van der Waals surface area contributed by atoms with E-state index >= 15 is 0 Å². The Bertz CT molecular complexity index is 527. The van der Waals surface area contributed by atoms with Crippen molar-refractivity contribution in [3.05, 3.63) is 10.6 Å². The van der Waals surface area contributed by atoms with Gasteiger partial charge in [-0.2, -0.15) is 0 Å². The fraction of sp³-hybridized carbons (Fsp3) is 0.600. The van der Waals surface area contributed by atoms with E-state index in [9.17, 15) is 0 Å². The number of nitrogens with one attached hydrogen (secondary N) is 2. The molecule has 0 aromatic carbocycles. The van der Waals surface area contributed by atoms with Gasteiger partial charge < -0.3 is 32.7 Å². The number of nitrogens with zero attached hydrogens (tertiary/aromatic N) is 6. The SMILES string of the molecule is NC1[N-]CN=C2NC=NC21.NC1[N-]CN=C2NC=NC21.[Cl][Pt+2]([Cl])([Cl])[Cl]. The number of hydrogen-bond donors (Lipinski definition) is 4. The van der Waals surface area contributed by atoms with Crippen molar-refractivity contribution in [2.24, 2.45) is 31.4 Å². The van der Waals surface area contributed by atoms with Crippen LogP contribution < -0.4 is 22.1 Å². The average molecular weight is 613 g/mol. The van der Waals surface area contributed by atoms with Crippen LogP contribution in [0.1, 0.15) is 0 Å². The predicted molar refractivity (Wildman–Crippen MR) is 102 cm³/mol. The summed E-state index contributed by atoms with van der Waals surface area (Å²) in [5.74, 6) is 1.70. The van der Waals surface area contributed by atoms with Gasteiger partial charge >= 0.3 is 49.6 Å². The second kappa shape index (κ2) is 9.77. The summed E-state index contributed by atoms with van der Waals surface area (Å²) in [5.41, 5.74) is 11.2. The van der Waals surface area contributed by atoms with Crippen molar-refractivity contribution in [1.82, 2.24) is 10.6 Å². The van der Waals surface area contributed by atoms with Crippen molar-refractivity contribution in [3.8, 4) is 0 Å². The molecule has 0 radical (unpaired) electrons. The van der Waals surface area contributed by atoms with Gasteiger partial charge in [-0.3, -0.25) is 20.0 Å². The van der Waals surface area contributed by atoms with Crippen LogP contribution in [0.5, 0.6) is 0 Å². The molecule has 0 saturated heterocycles. The Morgan fingerprint density at radius 3 is 1.56 bits per heavy atom. The molecule has 0 aliphatic carbocycles. The molecular formula is C10H16Cl4N10Pt. The Kier molecular flexibility index (Phi) is 8.32. The molecule has 0 saturated carbocycles. The Hall–Kier alpha value is -0.0317. The Morgan fingerprint density at radius 2 is 1.24 bits per heavy atom. The first-order valence-corrected chi connectivity index (χ1v) is 18.0. The molecule has 4 rings (SSSR count). The zero-order chi connectivity index (χ0) is 18.4. The fourth-order valence-corrected chi connectivity index (χ4v) is 2.08. The van der Waals surface area contributed by atoms with E-state index in [1.165, 1.54) is 0 Å². The van der Waals surface area contributed by atoms with E-state index in [0.717, 1.165) is 11.7 Å². The molecule has 4 heterocycles. The molecule has 4 aliphatic heterocycles. The summed E-state index contributed by atoms with van der Waals surface area (Å²) in [4.78, 5) is 16.3. The molecule has 4 atom stereocenters. The second-order valence-electron chi connectivity index (χ2n) is 4.72. The minimum atomic E-state index is -3.06. The molecule has 0 fully saturated rings. The van der Waals surface area contributed by atoms with Crippen LogP contribution in [0.4, 0.5) is 0 Å². The van der Waals surface area contributed by atoms with Gasteiger partial charge in [0.05, 0.1) is 12.7 Å². The first kappa shape index (κ1) is 21.3. The minimum absolute atomic E-state index is 0.0475. The maximum absolute atomic E-state index is 5.62. The van der Waals surface area contributed by atoms with Crippen LogP contribution in [0, 0.1) is 0 Å². The topological polar surface area (TPSA) is 154 Å². The third kappa shape index (κ3) is 7.24. The summed E-state index contributed by atoms with van der Waals surface area (Å²) < 4.78 is 0. The Labute approximate surface area is 163 Å². The van der Waals surface area contributed by atoms with Crippen molar-refractivity contribution in [2.45, 2.75) is 24.4 Å². The first-order valence-electron chi connectivity index (χ1n) is 6.73. The van der Waals surface area contributed by atoms with E-state index in [2.05, 4.69) is 41.2 Å². The van der Waals surface area contributed by atoms with E-state index in [1.807, 2.05) is 0 Å². The first-order chi connectivity index (χ1) is 11.8. The standard InChI is InChI=1S/2C5H8N5.4ClH.Pt/c2*6-4-3-5(9-1-7-3)10-2-8-4;;;;;/h2*1,3-4H,2,6H2,(H,7,9,10);4*1H;/q2*-1;;;;;+6/p-4. The van der Waals surface area contributed by atoms with E-state index in [1.54, 1.807) is 12.7 Å². The van der Waals surface area contributed by atoms with E-state index in [4.69, 9.17) is 49.1 Å². The van der Waals surface area contributed by atoms with Crippen LogP contribution in [0.3, 0.4) is 0 Å². The van der Waals surface area contributed by atoms with Crippen molar-refractivity contribution < 1.29 is 11.9 Å². The molecule has 6 N–H and O–H groups in total. The number of nitrogens with two attached hydrogens (primary N) is 2. The van der Waals surface area contributed by atoms with Crippen molar-refractivity contribution >= 4 is 62.0 Å². The fourth-order valence-electron chi connectivity index (χ4n) is 2.08. The van der Waals surface area contributed by atoms with Gasteiger partial charge in [0.15, 0.2) is 0 Å². The van der Waals surface area contributed by atoms with Gasteiger partial charge in [-0.25, -0.2) is 0 Å². The Morgan fingerprint density at radius 1 is 0.880 bits per heavy atom. The van der Waals surface area contributed by atoms with Crippen LogP contribution >= 0.6 is 37.7 Å². The molecule has 0 bridgehead atoms. The normalized spacial score (nSPS) is 32.4. The van der Waals surface area contributed by atoms with E-state index in [-0.39, 0.29) is 24.4 Å². The van der Waals surface area contributed by atoms with Gasteiger partial charge in [0.1, 0.15) is 23.8 Å². The summed E-state index contributed by atoms with van der Waals surface area (Å²) in [6, 6.07) is -0.0949. The monoisotopic (exact) mass is 611 g/mol. The van der Waals surface area contributed by atoms with Gasteiger partial charge in [-0.05, 0) is 13.3 Å². The van der Waals surface area contributed by atoms with Gasteiger partial charge in [-0.15, -0.1) is 0 Å². The molecule has 10 nitrogen and oxygen atoms in total. The molecular weight excluding hydrogens is 597 g/mol. The summed E-state index contributed by atoms with van der Waals surface area (Å²) in [6.45, 7) is 0.923. The molecule has 0 aromatic rings. The number of hydrogen-bond acceptors (Lipinski definition) is 8. The molecule has 15 heteroatoms. The third-order valence-corrected chi connectivity index (χ3v) is 3.17. The number of rotatable bonds is 0. The van der Waals surface area contributed by atoms with Crippen molar-refractivity contribution in [1.29, 1.82) is 0 Å². The second-order valence-corrected chi connectivity index (χ2v) is 24.4. The number of aliphatic imine (C=N–C) groups is 4. The summed E-state index contributed by atoms with van der Waals surface area (Å²) in [6.07, 6.45) is 2.81.